The molecule has 0 unspecified atom stereocenters. The number of hydrogen-bond acceptors (Lipinski definition) is 4. The van der Waals surface area contributed by atoms with Gasteiger partial charge in [0.25, 0.3) is 5.56 Å². The molecule has 192 valence electrons. The fourth-order valence-electron chi connectivity index (χ4n) is 4.90. The first kappa shape index (κ1) is 26.8. The third kappa shape index (κ3) is 5.23. The van der Waals surface area contributed by atoms with E-state index in [1.165, 1.54) is 16.9 Å². The van der Waals surface area contributed by atoms with Crippen LogP contribution in [0.25, 0.3) is 32.1 Å². The SMILES string of the molecule is CC[C@H](C)c1ccc(-c2c(CO)cc(C)c3c2c2cc(C)sc2c(=O)n3COCC[Si](C)(C)C)cc1. The number of fused-ring (bicyclic) bond motifs is 3. The van der Waals surface area contributed by atoms with Crippen LogP contribution in [-0.2, 0) is 18.1 Å². The standard InChI is InChI=1S/C30H39NO3SSi/c1-8-19(2)22-9-11-23(12-10-22)26-24(17-32)15-20(3)28-27(26)25-16-21(4)35-29(25)30(33)31(28)18-34-13-14-36(5,6)7/h9-12,15-16,19,32H,8,13-14,17-18H2,1-7H3/t19-/m0/s1. The predicted molar refractivity (Wildman–Crippen MR) is 157 cm³/mol. The van der Waals surface area contributed by atoms with Gasteiger partial charge in [-0.1, -0.05) is 63.8 Å². The van der Waals surface area contributed by atoms with Crippen LogP contribution in [0.5, 0.6) is 0 Å². The van der Waals surface area contributed by atoms with Crippen molar-refractivity contribution in [3.05, 3.63) is 68.3 Å². The first-order chi connectivity index (χ1) is 17.1. The molecule has 4 rings (SSSR count). The molecule has 4 nitrogen and oxygen atoms in total. The number of ether oxygens (including phenoxy) is 1. The van der Waals surface area contributed by atoms with Crippen LogP contribution in [0, 0.1) is 13.8 Å². The number of benzene rings is 2. The highest BCUT2D eigenvalue weighted by atomic mass is 32.1. The Morgan fingerprint density at radius 3 is 2.42 bits per heavy atom. The molecule has 4 aromatic rings. The first-order valence-corrected chi connectivity index (χ1v) is 17.5. The number of aromatic nitrogens is 1. The number of rotatable bonds is 9. The molecule has 0 spiro atoms. The summed E-state index contributed by atoms with van der Waals surface area (Å²) in [5.74, 6) is 0.496. The molecule has 0 bridgehead atoms. The number of thiophene rings is 1. The molecular formula is C30H39NO3SSi. The minimum Gasteiger partial charge on any atom is -0.392 e. The van der Waals surface area contributed by atoms with Crippen LogP contribution in [0.15, 0.2) is 41.2 Å². The lowest BCUT2D eigenvalue weighted by molar-refractivity contribution is 0.0882. The van der Waals surface area contributed by atoms with Gasteiger partial charge in [0.05, 0.1) is 12.1 Å². The fourth-order valence-corrected chi connectivity index (χ4v) is 6.62. The number of pyridine rings is 1. The summed E-state index contributed by atoms with van der Waals surface area (Å²) in [5.41, 5.74) is 6.14. The van der Waals surface area contributed by atoms with Crippen molar-refractivity contribution >= 4 is 40.4 Å². The Labute approximate surface area is 219 Å². The van der Waals surface area contributed by atoms with Gasteiger partial charge in [-0.05, 0) is 66.1 Å². The van der Waals surface area contributed by atoms with E-state index in [4.69, 9.17) is 4.74 Å². The first-order valence-electron chi connectivity index (χ1n) is 12.9. The lowest BCUT2D eigenvalue weighted by Crippen LogP contribution is -2.25. The van der Waals surface area contributed by atoms with Gasteiger partial charge in [-0.25, -0.2) is 0 Å². The average Bonchev–Trinajstić information content (AvgIpc) is 3.24. The number of nitrogens with zero attached hydrogens (tertiary/aromatic N) is 1. The summed E-state index contributed by atoms with van der Waals surface area (Å²) in [6.45, 7) is 16.4. The largest absolute Gasteiger partial charge is 0.392 e. The Morgan fingerprint density at radius 2 is 1.81 bits per heavy atom. The molecule has 2 aromatic carbocycles. The van der Waals surface area contributed by atoms with Gasteiger partial charge in [0, 0.05) is 30.3 Å². The van der Waals surface area contributed by atoms with Crippen LogP contribution in [-0.4, -0.2) is 24.4 Å². The minimum absolute atomic E-state index is 0.00141. The van der Waals surface area contributed by atoms with Crippen LogP contribution in [0.3, 0.4) is 0 Å². The average molecular weight is 522 g/mol. The van der Waals surface area contributed by atoms with Gasteiger partial charge in [-0.15, -0.1) is 11.3 Å². The number of aliphatic hydroxyl groups excluding tert-OH is 1. The topological polar surface area (TPSA) is 51.5 Å². The maximum atomic E-state index is 13.7. The monoisotopic (exact) mass is 521 g/mol. The molecule has 0 aliphatic carbocycles. The third-order valence-corrected chi connectivity index (χ3v) is 9.92. The highest BCUT2D eigenvalue weighted by Crippen LogP contribution is 2.40. The zero-order valence-corrected chi connectivity index (χ0v) is 24.5. The van der Waals surface area contributed by atoms with E-state index in [0.29, 0.717) is 12.5 Å². The van der Waals surface area contributed by atoms with E-state index in [-0.39, 0.29) is 18.9 Å². The van der Waals surface area contributed by atoms with Crippen LogP contribution in [0.1, 0.15) is 47.8 Å². The van der Waals surface area contributed by atoms with E-state index in [0.717, 1.165) is 60.6 Å². The van der Waals surface area contributed by atoms with E-state index in [1.54, 1.807) is 0 Å². The molecule has 2 aromatic heterocycles. The second-order valence-corrected chi connectivity index (χ2v) is 18.1. The van der Waals surface area contributed by atoms with Crippen molar-refractivity contribution in [1.82, 2.24) is 4.57 Å². The lowest BCUT2D eigenvalue weighted by atomic mass is 9.89. The number of aryl methyl sites for hydroxylation is 2. The number of hydrogen-bond donors (Lipinski definition) is 1. The van der Waals surface area contributed by atoms with E-state index in [2.05, 4.69) is 63.8 Å². The molecule has 0 aliphatic heterocycles. The smallest absolute Gasteiger partial charge is 0.270 e. The third-order valence-electron chi connectivity index (χ3n) is 7.17. The Hall–Kier alpha value is -2.25. The van der Waals surface area contributed by atoms with Crippen molar-refractivity contribution in [2.24, 2.45) is 0 Å². The second-order valence-electron chi connectivity index (χ2n) is 11.2. The van der Waals surface area contributed by atoms with Crippen molar-refractivity contribution in [2.75, 3.05) is 6.61 Å². The minimum atomic E-state index is -1.23. The molecule has 6 heteroatoms. The molecule has 36 heavy (non-hydrogen) atoms. The summed E-state index contributed by atoms with van der Waals surface area (Å²) >= 11 is 1.54. The maximum absolute atomic E-state index is 13.7. The molecule has 0 aliphatic rings. The second kappa shape index (κ2) is 10.6. The van der Waals surface area contributed by atoms with E-state index >= 15 is 0 Å². The summed E-state index contributed by atoms with van der Waals surface area (Å²) in [7, 11) is -1.23. The normalized spacial score (nSPS) is 13.1. The summed E-state index contributed by atoms with van der Waals surface area (Å²) in [6.07, 6.45) is 1.09. The van der Waals surface area contributed by atoms with E-state index in [9.17, 15) is 9.90 Å². The molecule has 1 N–H and O–H groups in total. The van der Waals surface area contributed by atoms with Gasteiger partial charge in [0.1, 0.15) is 11.4 Å². The van der Waals surface area contributed by atoms with E-state index < -0.39 is 8.07 Å². The van der Waals surface area contributed by atoms with Gasteiger partial charge < -0.3 is 9.84 Å². The number of aliphatic hydroxyl groups is 1. The fraction of sp³-hybridized carbons (Fsp3) is 0.433. The van der Waals surface area contributed by atoms with Crippen LogP contribution >= 0.6 is 11.3 Å². The van der Waals surface area contributed by atoms with E-state index in [1.807, 2.05) is 24.5 Å². The van der Waals surface area contributed by atoms with Gasteiger partial charge in [0.2, 0.25) is 0 Å². The zero-order valence-electron chi connectivity index (χ0n) is 22.7. The van der Waals surface area contributed by atoms with Crippen molar-refractivity contribution in [2.45, 2.75) is 79.1 Å². The van der Waals surface area contributed by atoms with Crippen molar-refractivity contribution in [3.8, 4) is 11.1 Å². The van der Waals surface area contributed by atoms with Gasteiger partial charge >= 0.3 is 0 Å². The highest BCUT2D eigenvalue weighted by Gasteiger charge is 2.22. The maximum Gasteiger partial charge on any atom is 0.270 e. The quantitative estimate of drug-likeness (QED) is 0.180. The Bertz CT molecular complexity index is 1440. The van der Waals surface area contributed by atoms with Crippen molar-refractivity contribution in [3.63, 3.8) is 0 Å². The molecule has 0 amide bonds. The summed E-state index contributed by atoms with van der Waals surface area (Å²) in [6, 6.07) is 13.9. The predicted octanol–water partition coefficient (Wildman–Crippen LogP) is 7.82. The van der Waals surface area contributed by atoms with Crippen LogP contribution in [0.4, 0.5) is 0 Å². The van der Waals surface area contributed by atoms with Gasteiger partial charge in [0.15, 0.2) is 0 Å². The molecule has 0 saturated carbocycles. The van der Waals surface area contributed by atoms with Crippen LogP contribution in [0.2, 0.25) is 25.7 Å². The highest BCUT2D eigenvalue weighted by molar-refractivity contribution is 7.19. The molecule has 0 fully saturated rings. The summed E-state index contributed by atoms with van der Waals surface area (Å²) < 4.78 is 8.67. The van der Waals surface area contributed by atoms with Gasteiger partial charge in [-0.3, -0.25) is 9.36 Å². The molecular weight excluding hydrogens is 482 g/mol. The molecule has 0 radical (unpaired) electrons. The molecule has 1 atom stereocenters. The zero-order chi connectivity index (χ0) is 26.2. The Morgan fingerprint density at radius 1 is 1.11 bits per heavy atom. The molecule has 2 heterocycles. The Balaban J connectivity index is 1.98. The summed E-state index contributed by atoms with van der Waals surface area (Å²) in [5, 5.41) is 12.4. The Kier molecular flexibility index (Phi) is 7.91. The lowest BCUT2D eigenvalue weighted by Gasteiger charge is -2.21. The van der Waals surface area contributed by atoms with Crippen molar-refractivity contribution in [1.29, 1.82) is 0 Å². The van der Waals surface area contributed by atoms with Crippen molar-refractivity contribution < 1.29 is 9.84 Å². The summed E-state index contributed by atoms with van der Waals surface area (Å²) in [4.78, 5) is 14.8. The van der Waals surface area contributed by atoms with Gasteiger partial charge in [-0.2, -0.15) is 0 Å². The molecule has 0 saturated heterocycles. The van der Waals surface area contributed by atoms with Crippen LogP contribution < -0.4 is 5.56 Å².